The van der Waals surface area contributed by atoms with Crippen LogP contribution in [0.3, 0.4) is 0 Å². The van der Waals surface area contributed by atoms with E-state index in [2.05, 4.69) is 69.7 Å². The number of aryl methyl sites for hydroxylation is 1. The van der Waals surface area contributed by atoms with Gasteiger partial charge in [-0.3, -0.25) is 9.88 Å². The predicted molar refractivity (Wildman–Crippen MR) is 160 cm³/mol. The van der Waals surface area contributed by atoms with Gasteiger partial charge in [-0.15, -0.1) is 0 Å². The van der Waals surface area contributed by atoms with E-state index in [4.69, 9.17) is 9.72 Å². The van der Waals surface area contributed by atoms with Gasteiger partial charge in [-0.1, -0.05) is 18.2 Å². The summed E-state index contributed by atoms with van der Waals surface area (Å²) in [4.78, 5) is 24.3. The SMILES string of the molecule is Cc1ccc2c(N3CCN(CCc4cccc(NCC5CCCN5C(=O)OC(C)(C)C)c4)CC3)cccc2n1. The molecule has 1 unspecified atom stereocenters. The average molecular weight is 530 g/mol. The lowest BCUT2D eigenvalue weighted by molar-refractivity contribution is 0.0235. The van der Waals surface area contributed by atoms with Crippen molar-refractivity contribution in [2.45, 2.75) is 58.6 Å². The third kappa shape index (κ3) is 7.01. The molecular weight excluding hydrogens is 486 g/mol. The minimum absolute atomic E-state index is 0.168. The molecule has 0 bridgehead atoms. The molecule has 0 radical (unpaired) electrons. The fraction of sp³-hybridized carbons (Fsp3) is 0.500. The molecule has 3 heterocycles. The summed E-state index contributed by atoms with van der Waals surface area (Å²) in [5, 5.41) is 4.82. The number of carbonyl (C=O) groups is 1. The Morgan fingerprint density at radius 1 is 1.03 bits per heavy atom. The first-order valence-electron chi connectivity index (χ1n) is 14.4. The topological polar surface area (TPSA) is 60.9 Å². The van der Waals surface area contributed by atoms with Crippen LogP contribution in [0.15, 0.2) is 54.6 Å². The number of piperazine rings is 1. The largest absolute Gasteiger partial charge is 0.444 e. The third-order valence-corrected chi connectivity index (χ3v) is 7.75. The molecule has 39 heavy (non-hydrogen) atoms. The second-order valence-corrected chi connectivity index (χ2v) is 11.9. The standard InChI is InChI=1S/C32H43N5O2/c1-24-13-14-28-29(34-24)11-6-12-30(28)36-20-18-35(19-21-36)17-15-25-8-5-9-26(22-25)33-23-27-10-7-16-37(27)31(38)39-32(2,3)4/h5-6,8-9,11-14,22,27,33H,7,10,15-21,23H2,1-4H3. The van der Waals surface area contributed by atoms with Crippen molar-refractivity contribution in [3.05, 3.63) is 65.9 Å². The van der Waals surface area contributed by atoms with Gasteiger partial charge in [0.2, 0.25) is 0 Å². The first kappa shape index (κ1) is 27.3. The Morgan fingerprint density at radius 2 is 1.82 bits per heavy atom. The number of nitrogens with one attached hydrogen (secondary N) is 1. The maximum Gasteiger partial charge on any atom is 0.410 e. The minimum Gasteiger partial charge on any atom is -0.444 e. The number of likely N-dealkylation sites (tertiary alicyclic amines) is 1. The zero-order valence-electron chi connectivity index (χ0n) is 23.9. The number of fused-ring (bicyclic) bond motifs is 1. The van der Waals surface area contributed by atoms with Crippen molar-refractivity contribution in [2.24, 2.45) is 0 Å². The summed E-state index contributed by atoms with van der Waals surface area (Å²) in [7, 11) is 0. The molecular formula is C32H43N5O2. The lowest BCUT2D eigenvalue weighted by Gasteiger charge is -2.36. The molecule has 2 aliphatic heterocycles. The van der Waals surface area contributed by atoms with Crippen molar-refractivity contribution >= 4 is 28.4 Å². The van der Waals surface area contributed by atoms with E-state index in [1.54, 1.807) is 0 Å². The van der Waals surface area contributed by atoms with E-state index < -0.39 is 5.60 Å². The lowest BCUT2D eigenvalue weighted by atomic mass is 10.1. The van der Waals surface area contributed by atoms with Crippen LogP contribution in [0.5, 0.6) is 0 Å². The van der Waals surface area contributed by atoms with E-state index in [0.717, 1.165) is 82.0 Å². The Balaban J connectivity index is 1.10. The molecule has 208 valence electrons. The quantitative estimate of drug-likeness (QED) is 0.423. The number of aromatic nitrogens is 1. The van der Waals surface area contributed by atoms with Crippen LogP contribution in [0.1, 0.15) is 44.9 Å². The van der Waals surface area contributed by atoms with Gasteiger partial charge < -0.3 is 19.9 Å². The predicted octanol–water partition coefficient (Wildman–Crippen LogP) is 5.72. The van der Waals surface area contributed by atoms with E-state index in [9.17, 15) is 4.79 Å². The van der Waals surface area contributed by atoms with Gasteiger partial charge in [0.1, 0.15) is 5.60 Å². The van der Waals surface area contributed by atoms with Gasteiger partial charge in [-0.05, 0) is 88.9 Å². The second-order valence-electron chi connectivity index (χ2n) is 11.9. The number of hydrogen-bond donors (Lipinski definition) is 1. The molecule has 2 fully saturated rings. The van der Waals surface area contributed by atoms with Gasteiger partial charge in [0, 0.05) is 68.3 Å². The molecule has 7 heteroatoms. The third-order valence-electron chi connectivity index (χ3n) is 7.75. The van der Waals surface area contributed by atoms with Gasteiger partial charge in [-0.25, -0.2) is 4.79 Å². The number of hydrogen-bond acceptors (Lipinski definition) is 6. The number of benzene rings is 2. The fourth-order valence-corrected chi connectivity index (χ4v) is 5.70. The minimum atomic E-state index is -0.467. The monoisotopic (exact) mass is 529 g/mol. The number of rotatable bonds is 7. The van der Waals surface area contributed by atoms with E-state index in [1.165, 1.54) is 16.6 Å². The van der Waals surface area contributed by atoms with Gasteiger partial charge in [0.05, 0.1) is 11.6 Å². The molecule has 2 aliphatic rings. The van der Waals surface area contributed by atoms with Crippen molar-refractivity contribution in [1.29, 1.82) is 0 Å². The summed E-state index contributed by atoms with van der Waals surface area (Å²) >= 11 is 0. The van der Waals surface area contributed by atoms with Crippen molar-refractivity contribution in [2.75, 3.05) is 56.0 Å². The van der Waals surface area contributed by atoms with Crippen molar-refractivity contribution in [3.8, 4) is 0 Å². The zero-order chi connectivity index (χ0) is 27.4. The van der Waals surface area contributed by atoms with Gasteiger partial charge in [0.25, 0.3) is 0 Å². The molecule has 5 rings (SSSR count). The highest BCUT2D eigenvalue weighted by molar-refractivity contribution is 5.92. The Labute approximate surface area is 233 Å². The van der Waals surface area contributed by atoms with Crippen LogP contribution in [0.2, 0.25) is 0 Å². The van der Waals surface area contributed by atoms with Crippen LogP contribution in [0.4, 0.5) is 16.2 Å². The van der Waals surface area contributed by atoms with Gasteiger partial charge >= 0.3 is 6.09 Å². The van der Waals surface area contributed by atoms with E-state index in [1.807, 2.05) is 32.6 Å². The summed E-state index contributed by atoms with van der Waals surface area (Å²) < 4.78 is 5.62. The number of anilines is 2. The van der Waals surface area contributed by atoms with Crippen LogP contribution in [-0.4, -0.2) is 78.3 Å². The highest BCUT2D eigenvalue weighted by Crippen LogP contribution is 2.27. The molecule has 1 aromatic heterocycles. The maximum atomic E-state index is 12.6. The normalized spacial score (nSPS) is 18.5. The summed E-state index contributed by atoms with van der Waals surface area (Å²) in [6, 6.07) is 19.7. The smallest absolute Gasteiger partial charge is 0.410 e. The molecule has 1 atom stereocenters. The zero-order valence-corrected chi connectivity index (χ0v) is 23.9. The summed E-state index contributed by atoms with van der Waals surface area (Å²) in [5.41, 5.74) is 5.43. The van der Waals surface area contributed by atoms with Crippen LogP contribution < -0.4 is 10.2 Å². The Hall–Kier alpha value is -3.32. The number of nitrogens with zero attached hydrogens (tertiary/aromatic N) is 4. The van der Waals surface area contributed by atoms with Crippen molar-refractivity contribution < 1.29 is 9.53 Å². The van der Waals surface area contributed by atoms with Gasteiger partial charge in [-0.2, -0.15) is 0 Å². The molecule has 2 saturated heterocycles. The summed E-state index contributed by atoms with van der Waals surface area (Å²) in [6.07, 6.45) is 2.86. The van der Waals surface area contributed by atoms with E-state index >= 15 is 0 Å². The Kier molecular flexibility index (Phi) is 8.26. The lowest BCUT2D eigenvalue weighted by Crippen LogP contribution is -2.47. The first-order chi connectivity index (χ1) is 18.7. The number of amides is 1. The highest BCUT2D eigenvalue weighted by atomic mass is 16.6. The molecule has 1 N–H and O–H groups in total. The van der Waals surface area contributed by atoms with E-state index in [-0.39, 0.29) is 12.1 Å². The van der Waals surface area contributed by atoms with Crippen LogP contribution in [0.25, 0.3) is 10.9 Å². The molecule has 0 spiro atoms. The molecule has 2 aromatic carbocycles. The van der Waals surface area contributed by atoms with Gasteiger partial charge in [0.15, 0.2) is 0 Å². The van der Waals surface area contributed by atoms with E-state index in [0.29, 0.717) is 0 Å². The van der Waals surface area contributed by atoms with Crippen LogP contribution in [-0.2, 0) is 11.2 Å². The van der Waals surface area contributed by atoms with Crippen LogP contribution >= 0.6 is 0 Å². The summed E-state index contributed by atoms with van der Waals surface area (Å²) in [6.45, 7) is 14.6. The first-order valence-corrected chi connectivity index (χ1v) is 14.4. The fourth-order valence-electron chi connectivity index (χ4n) is 5.70. The maximum absolute atomic E-state index is 12.6. The average Bonchev–Trinajstić information content (AvgIpc) is 3.39. The summed E-state index contributed by atoms with van der Waals surface area (Å²) in [5.74, 6) is 0. The molecule has 0 saturated carbocycles. The Morgan fingerprint density at radius 3 is 2.62 bits per heavy atom. The second kappa shape index (κ2) is 11.8. The van der Waals surface area contributed by atoms with Crippen LogP contribution in [0, 0.1) is 6.92 Å². The number of ether oxygens (including phenoxy) is 1. The number of pyridine rings is 1. The molecule has 0 aliphatic carbocycles. The highest BCUT2D eigenvalue weighted by Gasteiger charge is 2.32. The van der Waals surface area contributed by atoms with Crippen molar-refractivity contribution in [1.82, 2.24) is 14.8 Å². The molecule has 3 aromatic rings. The number of carbonyl (C=O) groups excluding carboxylic acids is 1. The molecule has 7 nitrogen and oxygen atoms in total. The van der Waals surface area contributed by atoms with Crippen molar-refractivity contribution in [3.63, 3.8) is 0 Å². The Bertz CT molecular complexity index is 1280. The molecule has 1 amide bonds.